The third kappa shape index (κ3) is 2.96. The highest BCUT2D eigenvalue weighted by Crippen LogP contribution is 2.41. The molecule has 0 atom stereocenters. The Bertz CT molecular complexity index is 1180. The molecule has 29 heavy (non-hydrogen) atoms. The topological polar surface area (TPSA) is 25.2 Å². The molecule has 1 N–H and O–H groups in total. The second kappa shape index (κ2) is 6.97. The van der Waals surface area contributed by atoms with Gasteiger partial charge >= 0.3 is 0 Å². The molecule has 0 radical (unpaired) electrons. The smallest absolute Gasteiger partial charge is 0.119 e. The monoisotopic (exact) mass is 379 g/mol. The predicted molar refractivity (Wildman–Crippen MR) is 120 cm³/mol. The molecule has 3 aromatic carbocycles. The number of phenols is 1. The molecule has 1 aliphatic rings. The maximum Gasteiger partial charge on any atom is 0.119 e. The molecule has 0 saturated carbocycles. The summed E-state index contributed by atoms with van der Waals surface area (Å²) in [5.41, 5.74) is 9.95. The summed E-state index contributed by atoms with van der Waals surface area (Å²) in [7, 11) is 0. The van der Waals surface area contributed by atoms with Gasteiger partial charge in [-0.1, -0.05) is 68.4 Å². The summed E-state index contributed by atoms with van der Waals surface area (Å²) in [6.45, 7) is 4.25. The van der Waals surface area contributed by atoms with E-state index in [1.54, 1.807) is 0 Å². The summed E-state index contributed by atoms with van der Waals surface area (Å²) in [5.74, 6) is 0.638. The first-order valence-electron chi connectivity index (χ1n) is 10.3. The van der Waals surface area contributed by atoms with Gasteiger partial charge in [0.05, 0.1) is 5.69 Å². The van der Waals surface area contributed by atoms with Crippen molar-refractivity contribution >= 4 is 0 Å². The number of phenolic OH excluding ortho intramolecular Hbond substituents is 1. The summed E-state index contributed by atoms with van der Waals surface area (Å²) in [6.07, 6.45) is 2.06. The van der Waals surface area contributed by atoms with Crippen molar-refractivity contribution in [3.8, 4) is 33.8 Å². The van der Waals surface area contributed by atoms with Crippen LogP contribution in [0.1, 0.15) is 36.6 Å². The van der Waals surface area contributed by atoms with E-state index in [9.17, 15) is 5.11 Å². The van der Waals surface area contributed by atoms with Crippen molar-refractivity contribution in [1.29, 1.82) is 0 Å². The van der Waals surface area contributed by atoms with E-state index >= 15 is 0 Å². The first kappa shape index (κ1) is 17.8. The van der Waals surface area contributed by atoms with E-state index in [0.717, 1.165) is 24.1 Å². The number of hydrogen-bond acceptors (Lipinski definition) is 1. The normalized spacial score (nSPS) is 12.7. The van der Waals surface area contributed by atoms with Crippen LogP contribution in [0.25, 0.3) is 28.1 Å². The first-order chi connectivity index (χ1) is 14.1. The molecule has 1 aromatic heterocycles. The summed E-state index contributed by atoms with van der Waals surface area (Å²) < 4.78 is 2.39. The molecule has 0 bridgehead atoms. The third-order valence-electron chi connectivity index (χ3n) is 6.00. The van der Waals surface area contributed by atoms with Crippen LogP contribution in [0.3, 0.4) is 0 Å². The van der Waals surface area contributed by atoms with Crippen molar-refractivity contribution < 1.29 is 5.11 Å². The van der Waals surface area contributed by atoms with Gasteiger partial charge in [0.15, 0.2) is 0 Å². The fourth-order valence-electron chi connectivity index (χ4n) is 4.54. The van der Waals surface area contributed by atoms with E-state index in [1.165, 1.54) is 33.6 Å². The molecule has 0 unspecified atom stereocenters. The van der Waals surface area contributed by atoms with Crippen LogP contribution in [0.4, 0.5) is 0 Å². The zero-order valence-electron chi connectivity index (χ0n) is 16.9. The van der Waals surface area contributed by atoms with Crippen molar-refractivity contribution in [2.45, 2.75) is 32.6 Å². The van der Waals surface area contributed by atoms with Gasteiger partial charge in [-0.05, 0) is 65.3 Å². The minimum Gasteiger partial charge on any atom is -0.508 e. The van der Waals surface area contributed by atoms with E-state index in [1.807, 2.05) is 12.1 Å². The Hall–Kier alpha value is -3.26. The van der Waals surface area contributed by atoms with Gasteiger partial charge in [0.1, 0.15) is 5.75 Å². The number of hydrogen-bond donors (Lipinski definition) is 1. The number of rotatable bonds is 3. The average molecular weight is 380 g/mol. The van der Waals surface area contributed by atoms with Crippen LogP contribution in [0, 0.1) is 0 Å². The molecule has 1 aliphatic carbocycles. The first-order valence-corrected chi connectivity index (χ1v) is 10.3. The molecule has 2 nitrogen and oxygen atoms in total. The van der Waals surface area contributed by atoms with Crippen molar-refractivity contribution in [3.05, 3.63) is 95.7 Å². The maximum absolute atomic E-state index is 10.3. The molecule has 1 heterocycles. The molecule has 0 spiro atoms. The Labute approximate surface area is 172 Å². The molecule has 0 aliphatic heterocycles. The Morgan fingerprint density at radius 2 is 1.55 bits per heavy atom. The molecular formula is C27H25NO. The lowest BCUT2D eigenvalue weighted by atomic mass is 9.89. The lowest BCUT2D eigenvalue weighted by Crippen LogP contribution is -2.09. The Morgan fingerprint density at radius 1 is 0.793 bits per heavy atom. The second-order valence-electron chi connectivity index (χ2n) is 8.15. The van der Waals surface area contributed by atoms with Crippen LogP contribution in [-0.2, 0) is 12.8 Å². The number of aryl methyl sites for hydroxylation is 1. The number of benzene rings is 3. The fraction of sp³-hybridized carbons (Fsp3) is 0.185. The van der Waals surface area contributed by atoms with E-state index in [-0.39, 0.29) is 5.92 Å². The van der Waals surface area contributed by atoms with Crippen LogP contribution in [0.15, 0.2) is 78.9 Å². The summed E-state index contributed by atoms with van der Waals surface area (Å²) in [5, 5.41) is 10.3. The van der Waals surface area contributed by atoms with Gasteiger partial charge in [0.2, 0.25) is 0 Å². The summed E-state index contributed by atoms with van der Waals surface area (Å²) in [6, 6.07) is 27.7. The number of aromatic nitrogens is 1. The van der Waals surface area contributed by atoms with E-state index in [0.29, 0.717) is 5.75 Å². The van der Waals surface area contributed by atoms with Crippen LogP contribution >= 0.6 is 0 Å². The van der Waals surface area contributed by atoms with E-state index < -0.39 is 0 Å². The molecular weight excluding hydrogens is 354 g/mol. The zero-order chi connectivity index (χ0) is 20.0. The lowest BCUT2D eigenvalue weighted by molar-refractivity contribution is 0.464. The average Bonchev–Trinajstić information content (AvgIpc) is 3.15. The highest BCUT2D eigenvalue weighted by molar-refractivity contribution is 5.80. The maximum atomic E-state index is 10.3. The predicted octanol–water partition coefficient (Wildman–Crippen LogP) is 6.74. The van der Waals surface area contributed by atoms with Crippen LogP contribution in [-0.4, -0.2) is 9.67 Å². The zero-order valence-corrected chi connectivity index (χ0v) is 16.9. The SMILES string of the molecule is CC(C)c1cc(-n2c(-c3ccccc3)cc3c2CCc2ccccc2-3)ccc1O. The highest BCUT2D eigenvalue weighted by Gasteiger charge is 2.24. The van der Waals surface area contributed by atoms with Crippen molar-refractivity contribution in [2.75, 3.05) is 0 Å². The number of nitrogens with zero attached hydrogens (tertiary/aromatic N) is 1. The standard InChI is InChI=1S/C27H25NO/c1-18(2)23-16-21(13-15-27(23)29)28-25-14-12-19-8-6-7-11-22(19)24(25)17-26(28)20-9-4-3-5-10-20/h3-11,13,15-18,29H,12,14H2,1-2H3. The quantitative estimate of drug-likeness (QED) is 0.419. The molecule has 4 aromatic rings. The Morgan fingerprint density at radius 3 is 2.34 bits per heavy atom. The third-order valence-corrected chi connectivity index (χ3v) is 6.00. The second-order valence-corrected chi connectivity index (χ2v) is 8.15. The Kier molecular flexibility index (Phi) is 4.28. The van der Waals surface area contributed by atoms with Crippen molar-refractivity contribution in [2.24, 2.45) is 0 Å². The Balaban J connectivity index is 1.80. The molecule has 0 amide bonds. The fourth-order valence-corrected chi connectivity index (χ4v) is 4.54. The van der Waals surface area contributed by atoms with E-state index in [2.05, 4.69) is 85.1 Å². The van der Waals surface area contributed by atoms with Gasteiger partial charge in [-0.25, -0.2) is 0 Å². The minimum absolute atomic E-state index is 0.266. The lowest BCUT2D eigenvalue weighted by Gasteiger charge is -2.21. The highest BCUT2D eigenvalue weighted by atomic mass is 16.3. The van der Waals surface area contributed by atoms with Gasteiger partial charge in [-0.3, -0.25) is 0 Å². The van der Waals surface area contributed by atoms with Crippen LogP contribution < -0.4 is 0 Å². The van der Waals surface area contributed by atoms with Crippen molar-refractivity contribution in [1.82, 2.24) is 4.57 Å². The summed E-state index contributed by atoms with van der Waals surface area (Å²) >= 11 is 0. The minimum atomic E-state index is 0.266. The van der Waals surface area contributed by atoms with Crippen molar-refractivity contribution in [3.63, 3.8) is 0 Å². The van der Waals surface area contributed by atoms with Gasteiger partial charge in [0, 0.05) is 16.9 Å². The van der Waals surface area contributed by atoms with Crippen LogP contribution in [0.2, 0.25) is 0 Å². The molecule has 0 fully saturated rings. The molecule has 2 heteroatoms. The van der Waals surface area contributed by atoms with E-state index in [4.69, 9.17) is 0 Å². The molecule has 144 valence electrons. The summed E-state index contributed by atoms with van der Waals surface area (Å²) in [4.78, 5) is 0. The molecule has 5 rings (SSSR count). The van der Waals surface area contributed by atoms with Gasteiger partial charge in [-0.15, -0.1) is 0 Å². The molecule has 0 saturated heterocycles. The largest absolute Gasteiger partial charge is 0.508 e. The van der Waals surface area contributed by atoms with Gasteiger partial charge < -0.3 is 9.67 Å². The van der Waals surface area contributed by atoms with Crippen LogP contribution in [0.5, 0.6) is 5.75 Å². The number of fused-ring (bicyclic) bond motifs is 3. The van der Waals surface area contributed by atoms with Gasteiger partial charge in [0.25, 0.3) is 0 Å². The number of aromatic hydroxyl groups is 1. The van der Waals surface area contributed by atoms with Gasteiger partial charge in [-0.2, -0.15) is 0 Å².